The van der Waals surface area contributed by atoms with Crippen molar-refractivity contribution in [2.24, 2.45) is 23.7 Å². The summed E-state index contributed by atoms with van der Waals surface area (Å²) < 4.78 is 5.71. The third kappa shape index (κ3) is 6.49. The van der Waals surface area contributed by atoms with Crippen molar-refractivity contribution in [3.8, 4) is 0 Å². The van der Waals surface area contributed by atoms with E-state index in [0.717, 1.165) is 25.7 Å². The maximum Gasteiger partial charge on any atom is 0.309 e. The Hall–Kier alpha value is -1.06. The average Bonchev–Trinajstić information content (AvgIpc) is 2.37. The summed E-state index contributed by atoms with van der Waals surface area (Å²) >= 11 is 0. The summed E-state index contributed by atoms with van der Waals surface area (Å²) in [6.45, 7) is 8.51. The van der Waals surface area contributed by atoms with Crippen molar-refractivity contribution < 1.29 is 19.4 Å². The van der Waals surface area contributed by atoms with Crippen LogP contribution in [0.5, 0.6) is 0 Å². The number of aliphatic carboxylic acids is 1. The largest absolute Gasteiger partial charge is 0.481 e. The number of rotatable bonds is 7. The van der Waals surface area contributed by atoms with Crippen LogP contribution in [0.15, 0.2) is 0 Å². The number of carbonyl (C=O) groups excluding carboxylic acids is 1. The fourth-order valence-electron chi connectivity index (χ4n) is 3.13. The van der Waals surface area contributed by atoms with E-state index in [2.05, 4.69) is 27.7 Å². The van der Waals surface area contributed by atoms with Crippen molar-refractivity contribution in [1.82, 2.24) is 0 Å². The van der Waals surface area contributed by atoms with Gasteiger partial charge in [0.05, 0.1) is 11.8 Å². The third-order valence-corrected chi connectivity index (χ3v) is 4.11. The molecule has 4 heteroatoms. The first-order chi connectivity index (χ1) is 9.79. The monoisotopic (exact) mass is 298 g/mol. The van der Waals surface area contributed by atoms with Crippen LogP contribution in [0.1, 0.15) is 66.2 Å². The van der Waals surface area contributed by atoms with Crippen molar-refractivity contribution in [3.63, 3.8) is 0 Å². The number of hydrogen-bond acceptors (Lipinski definition) is 3. The Morgan fingerprint density at radius 2 is 1.57 bits per heavy atom. The molecule has 2 unspecified atom stereocenters. The van der Waals surface area contributed by atoms with Gasteiger partial charge >= 0.3 is 11.9 Å². The zero-order valence-electron chi connectivity index (χ0n) is 13.8. The van der Waals surface area contributed by atoms with Gasteiger partial charge in [0, 0.05) is 0 Å². The van der Waals surface area contributed by atoms with Crippen LogP contribution in [-0.4, -0.2) is 23.1 Å². The van der Waals surface area contributed by atoms with E-state index in [9.17, 15) is 9.59 Å². The maximum absolute atomic E-state index is 12.3. The zero-order valence-corrected chi connectivity index (χ0v) is 13.8. The molecule has 122 valence electrons. The summed E-state index contributed by atoms with van der Waals surface area (Å²) in [4.78, 5) is 23.4. The van der Waals surface area contributed by atoms with Crippen molar-refractivity contribution in [3.05, 3.63) is 0 Å². The van der Waals surface area contributed by atoms with Crippen LogP contribution < -0.4 is 0 Å². The highest BCUT2D eigenvalue weighted by atomic mass is 16.5. The van der Waals surface area contributed by atoms with Crippen LogP contribution in [0.3, 0.4) is 0 Å². The highest BCUT2D eigenvalue weighted by Gasteiger charge is 2.33. The Kier molecular flexibility index (Phi) is 7.20. The predicted molar refractivity (Wildman–Crippen MR) is 81.9 cm³/mol. The van der Waals surface area contributed by atoms with Crippen LogP contribution in [0.4, 0.5) is 0 Å². The molecule has 1 N–H and O–H groups in total. The Balaban J connectivity index is 2.57. The number of esters is 1. The minimum Gasteiger partial charge on any atom is -0.481 e. The standard InChI is InChI=1S/C17H30O4/c1-11(2)8-15(9-12(3)4)21-17(20)14-7-5-6-13(10-14)16(18)19/h11-15H,5-10H2,1-4H3,(H,18,19). The van der Waals surface area contributed by atoms with Crippen LogP contribution in [-0.2, 0) is 14.3 Å². The topological polar surface area (TPSA) is 63.6 Å². The molecular weight excluding hydrogens is 268 g/mol. The smallest absolute Gasteiger partial charge is 0.309 e. The van der Waals surface area contributed by atoms with Gasteiger partial charge in [-0.25, -0.2) is 0 Å². The molecule has 1 saturated carbocycles. The number of ether oxygens (including phenoxy) is 1. The minimum atomic E-state index is -0.784. The van der Waals surface area contributed by atoms with Gasteiger partial charge in [0.2, 0.25) is 0 Å². The Morgan fingerprint density at radius 3 is 2.05 bits per heavy atom. The van der Waals surface area contributed by atoms with Crippen LogP contribution >= 0.6 is 0 Å². The molecular formula is C17H30O4. The lowest BCUT2D eigenvalue weighted by molar-refractivity contribution is -0.158. The number of carbonyl (C=O) groups is 2. The second-order valence-corrected chi connectivity index (χ2v) is 7.22. The molecule has 0 heterocycles. The Morgan fingerprint density at radius 1 is 1.05 bits per heavy atom. The van der Waals surface area contributed by atoms with Gasteiger partial charge in [-0.1, -0.05) is 34.1 Å². The molecule has 0 radical (unpaired) electrons. The summed E-state index contributed by atoms with van der Waals surface area (Å²) in [5, 5.41) is 9.11. The maximum atomic E-state index is 12.3. The summed E-state index contributed by atoms with van der Waals surface area (Å²) in [5.74, 6) is -0.619. The van der Waals surface area contributed by atoms with E-state index in [1.165, 1.54) is 0 Å². The normalized spacial score (nSPS) is 22.8. The van der Waals surface area contributed by atoms with Crippen molar-refractivity contribution >= 4 is 11.9 Å². The predicted octanol–water partition coefficient (Wildman–Crippen LogP) is 3.88. The number of carboxylic acid groups (broad SMARTS) is 1. The van der Waals surface area contributed by atoms with Crippen LogP contribution in [0.25, 0.3) is 0 Å². The van der Waals surface area contributed by atoms with Crippen molar-refractivity contribution in [1.29, 1.82) is 0 Å². The van der Waals surface area contributed by atoms with Crippen molar-refractivity contribution in [2.45, 2.75) is 72.3 Å². The molecule has 0 aliphatic heterocycles. The van der Waals surface area contributed by atoms with Crippen LogP contribution in [0, 0.1) is 23.7 Å². The summed E-state index contributed by atoms with van der Waals surface area (Å²) in [6, 6.07) is 0. The van der Waals surface area contributed by atoms with E-state index in [1.54, 1.807) is 0 Å². The first-order valence-electron chi connectivity index (χ1n) is 8.22. The van der Waals surface area contributed by atoms with E-state index in [0.29, 0.717) is 24.7 Å². The molecule has 1 aliphatic carbocycles. The van der Waals surface area contributed by atoms with Gasteiger partial charge in [-0.2, -0.15) is 0 Å². The molecule has 0 aromatic heterocycles. The lowest BCUT2D eigenvalue weighted by Crippen LogP contribution is -2.31. The number of hydrogen-bond donors (Lipinski definition) is 1. The average molecular weight is 298 g/mol. The van der Waals surface area contributed by atoms with Gasteiger partial charge in [0.25, 0.3) is 0 Å². The van der Waals surface area contributed by atoms with E-state index in [4.69, 9.17) is 9.84 Å². The molecule has 0 aromatic carbocycles. The molecule has 1 rings (SSSR count). The lowest BCUT2D eigenvalue weighted by atomic mass is 9.81. The highest BCUT2D eigenvalue weighted by Crippen LogP contribution is 2.31. The second-order valence-electron chi connectivity index (χ2n) is 7.22. The van der Waals surface area contributed by atoms with Gasteiger partial charge in [-0.3, -0.25) is 9.59 Å². The second kappa shape index (κ2) is 8.40. The van der Waals surface area contributed by atoms with E-state index in [-0.39, 0.29) is 23.9 Å². The van der Waals surface area contributed by atoms with Gasteiger partial charge < -0.3 is 9.84 Å². The third-order valence-electron chi connectivity index (χ3n) is 4.11. The molecule has 0 spiro atoms. The Bertz CT molecular complexity index is 339. The lowest BCUT2D eigenvalue weighted by Gasteiger charge is -2.28. The molecule has 0 amide bonds. The molecule has 21 heavy (non-hydrogen) atoms. The first-order valence-corrected chi connectivity index (χ1v) is 8.22. The molecule has 2 atom stereocenters. The Labute approximate surface area is 128 Å². The van der Waals surface area contributed by atoms with E-state index < -0.39 is 5.97 Å². The summed E-state index contributed by atoms with van der Waals surface area (Å²) in [7, 11) is 0. The minimum absolute atomic E-state index is 0.0392. The molecule has 0 bridgehead atoms. The van der Waals surface area contributed by atoms with Gasteiger partial charge in [0.15, 0.2) is 0 Å². The molecule has 1 fully saturated rings. The van der Waals surface area contributed by atoms with Crippen LogP contribution in [0.2, 0.25) is 0 Å². The summed E-state index contributed by atoms with van der Waals surface area (Å²) in [6.07, 6.45) is 4.39. The van der Waals surface area contributed by atoms with E-state index >= 15 is 0 Å². The number of carboxylic acids is 1. The van der Waals surface area contributed by atoms with E-state index in [1.807, 2.05) is 0 Å². The highest BCUT2D eigenvalue weighted by molar-refractivity contribution is 5.75. The van der Waals surface area contributed by atoms with Crippen molar-refractivity contribution in [2.75, 3.05) is 0 Å². The quantitative estimate of drug-likeness (QED) is 0.724. The first kappa shape index (κ1) is 18.0. The van der Waals surface area contributed by atoms with Gasteiger partial charge in [-0.15, -0.1) is 0 Å². The van der Waals surface area contributed by atoms with Gasteiger partial charge in [-0.05, 0) is 43.9 Å². The molecule has 0 aromatic rings. The fourth-order valence-corrected chi connectivity index (χ4v) is 3.13. The fraction of sp³-hybridized carbons (Fsp3) is 0.882. The zero-order chi connectivity index (χ0) is 16.0. The molecule has 0 saturated heterocycles. The molecule has 1 aliphatic rings. The summed E-state index contributed by atoms with van der Waals surface area (Å²) in [5.41, 5.74) is 0. The SMILES string of the molecule is CC(C)CC(CC(C)C)OC(=O)C1CCCC(C(=O)O)C1. The molecule has 4 nitrogen and oxygen atoms in total. The van der Waals surface area contributed by atoms with Gasteiger partial charge in [0.1, 0.15) is 6.10 Å².